The van der Waals surface area contributed by atoms with Crippen LogP contribution in [0, 0.1) is 6.92 Å². The second kappa shape index (κ2) is 5.07. The van der Waals surface area contributed by atoms with Crippen LogP contribution in [0.15, 0.2) is 18.2 Å². The predicted octanol–water partition coefficient (Wildman–Crippen LogP) is 0.0798. The van der Waals surface area contributed by atoms with Gasteiger partial charge in [-0.3, -0.25) is 0 Å². The Morgan fingerprint density at radius 2 is 2.00 bits per heavy atom. The van der Waals surface area contributed by atoms with E-state index in [0.717, 1.165) is 0 Å². The zero-order valence-corrected chi connectivity index (χ0v) is 8.79. The maximum atomic E-state index is 10.7. The number of rotatable bonds is 4. The Labute approximate surface area is 92.6 Å². The van der Waals surface area contributed by atoms with E-state index in [9.17, 15) is 15.0 Å². The van der Waals surface area contributed by atoms with Gasteiger partial charge in [0, 0.05) is 0 Å². The molecule has 0 fully saturated rings. The zero-order chi connectivity index (χ0) is 12.3. The number of aliphatic hydroxyl groups excluding tert-OH is 3. The Bertz CT molecular complexity index is 388. The number of carboxylic acids is 1. The van der Waals surface area contributed by atoms with Crippen molar-refractivity contribution < 1.29 is 25.2 Å². The Kier molecular flexibility index (Phi) is 4.00. The summed E-state index contributed by atoms with van der Waals surface area (Å²) in [6, 6.07) is 4.26. The highest BCUT2D eigenvalue weighted by Gasteiger charge is 2.18. The van der Waals surface area contributed by atoms with Crippen molar-refractivity contribution in [2.45, 2.75) is 19.1 Å². The molecule has 1 aromatic carbocycles. The third-order valence-corrected chi connectivity index (χ3v) is 2.37. The second-order valence-electron chi connectivity index (χ2n) is 3.57. The largest absolute Gasteiger partial charge is 0.478 e. The first-order chi connectivity index (χ1) is 7.47. The quantitative estimate of drug-likeness (QED) is 0.583. The first-order valence-electron chi connectivity index (χ1n) is 4.78. The van der Waals surface area contributed by atoms with Gasteiger partial charge in [-0.05, 0) is 24.1 Å². The molecule has 1 rings (SSSR count). The molecule has 2 atom stereocenters. The Hall–Kier alpha value is -1.43. The van der Waals surface area contributed by atoms with E-state index in [2.05, 4.69) is 0 Å². The SMILES string of the molecule is Cc1cc(C(O)C(O)CO)ccc1C(=O)O. The van der Waals surface area contributed by atoms with Gasteiger partial charge in [-0.1, -0.05) is 12.1 Å². The second-order valence-corrected chi connectivity index (χ2v) is 3.57. The van der Waals surface area contributed by atoms with Gasteiger partial charge in [0.25, 0.3) is 0 Å². The average Bonchev–Trinajstić information content (AvgIpc) is 2.26. The number of hydrogen-bond acceptors (Lipinski definition) is 4. The smallest absolute Gasteiger partial charge is 0.335 e. The maximum absolute atomic E-state index is 10.7. The molecule has 0 bridgehead atoms. The summed E-state index contributed by atoms with van der Waals surface area (Å²) in [5.41, 5.74) is 1.02. The molecule has 0 amide bonds. The van der Waals surface area contributed by atoms with E-state index in [-0.39, 0.29) is 5.56 Å². The monoisotopic (exact) mass is 226 g/mol. The van der Waals surface area contributed by atoms with Gasteiger partial charge in [-0.25, -0.2) is 4.79 Å². The fourth-order valence-corrected chi connectivity index (χ4v) is 1.43. The molecule has 5 heteroatoms. The minimum atomic E-state index is -1.27. The number of benzene rings is 1. The molecule has 0 aliphatic heterocycles. The van der Waals surface area contributed by atoms with Gasteiger partial charge >= 0.3 is 5.97 Å². The first-order valence-corrected chi connectivity index (χ1v) is 4.78. The van der Waals surface area contributed by atoms with E-state index in [4.69, 9.17) is 10.2 Å². The van der Waals surface area contributed by atoms with Crippen LogP contribution >= 0.6 is 0 Å². The van der Waals surface area contributed by atoms with Crippen molar-refractivity contribution in [3.8, 4) is 0 Å². The molecule has 0 aliphatic carbocycles. The molecule has 16 heavy (non-hydrogen) atoms. The molecule has 0 heterocycles. The van der Waals surface area contributed by atoms with Crippen LogP contribution in [0.3, 0.4) is 0 Å². The van der Waals surface area contributed by atoms with Crippen LogP contribution in [0.1, 0.15) is 27.6 Å². The summed E-state index contributed by atoms with van der Waals surface area (Å²) in [7, 11) is 0. The van der Waals surface area contributed by atoms with E-state index >= 15 is 0 Å². The van der Waals surface area contributed by atoms with Gasteiger partial charge in [-0.2, -0.15) is 0 Å². The van der Waals surface area contributed by atoms with Gasteiger partial charge in [0.1, 0.15) is 12.2 Å². The van der Waals surface area contributed by atoms with Gasteiger partial charge in [-0.15, -0.1) is 0 Å². The van der Waals surface area contributed by atoms with Crippen molar-refractivity contribution in [2.24, 2.45) is 0 Å². The summed E-state index contributed by atoms with van der Waals surface area (Å²) < 4.78 is 0. The van der Waals surface area contributed by atoms with Crippen LogP contribution in [0.5, 0.6) is 0 Å². The molecule has 0 saturated heterocycles. The summed E-state index contributed by atoms with van der Waals surface area (Å²) in [5, 5.41) is 36.3. The minimum absolute atomic E-state index is 0.148. The molecule has 0 spiro atoms. The van der Waals surface area contributed by atoms with Crippen molar-refractivity contribution >= 4 is 5.97 Å². The highest BCUT2D eigenvalue weighted by molar-refractivity contribution is 5.89. The molecular formula is C11H14O5. The highest BCUT2D eigenvalue weighted by Crippen LogP contribution is 2.20. The van der Waals surface area contributed by atoms with E-state index < -0.39 is 24.8 Å². The molecule has 0 aromatic heterocycles. The number of aromatic carboxylic acids is 1. The lowest BCUT2D eigenvalue weighted by Crippen LogP contribution is -2.22. The van der Waals surface area contributed by atoms with Crippen molar-refractivity contribution in [1.29, 1.82) is 0 Å². The Morgan fingerprint density at radius 1 is 1.38 bits per heavy atom. The van der Waals surface area contributed by atoms with E-state index in [1.54, 1.807) is 6.92 Å². The third-order valence-electron chi connectivity index (χ3n) is 2.37. The standard InChI is InChI=1S/C11H14O5/c1-6-4-7(10(14)9(13)5-12)2-3-8(6)11(15)16/h2-4,9-10,12-14H,5H2,1H3,(H,15,16). The molecule has 2 unspecified atom stereocenters. The van der Waals surface area contributed by atoms with Crippen molar-refractivity contribution in [1.82, 2.24) is 0 Å². The molecular weight excluding hydrogens is 212 g/mol. The maximum Gasteiger partial charge on any atom is 0.335 e. The van der Waals surface area contributed by atoms with Crippen LogP contribution in [-0.2, 0) is 0 Å². The summed E-state index contributed by atoms with van der Waals surface area (Å²) in [6.45, 7) is 1.05. The zero-order valence-electron chi connectivity index (χ0n) is 8.79. The lowest BCUT2D eigenvalue weighted by atomic mass is 9.99. The van der Waals surface area contributed by atoms with E-state index in [1.807, 2.05) is 0 Å². The van der Waals surface area contributed by atoms with E-state index in [1.165, 1.54) is 18.2 Å². The lowest BCUT2D eigenvalue weighted by Gasteiger charge is -2.16. The number of carboxylic acid groups (broad SMARTS) is 1. The van der Waals surface area contributed by atoms with Gasteiger partial charge in [0.15, 0.2) is 0 Å². The third kappa shape index (κ3) is 2.57. The summed E-state index contributed by atoms with van der Waals surface area (Å²) in [6.07, 6.45) is -2.48. The number of aliphatic hydroxyl groups is 3. The molecule has 5 nitrogen and oxygen atoms in total. The molecule has 1 aromatic rings. The van der Waals surface area contributed by atoms with Crippen molar-refractivity contribution in [3.63, 3.8) is 0 Å². The summed E-state index contributed by atoms with van der Waals surface area (Å²) >= 11 is 0. The summed E-state index contributed by atoms with van der Waals surface area (Å²) in [5.74, 6) is -1.04. The Balaban J connectivity index is 3.01. The van der Waals surface area contributed by atoms with Crippen LogP contribution in [0.2, 0.25) is 0 Å². The first kappa shape index (κ1) is 12.6. The predicted molar refractivity (Wildman–Crippen MR) is 56.2 cm³/mol. The van der Waals surface area contributed by atoms with Gasteiger partial charge in [0.05, 0.1) is 12.2 Å². The summed E-state index contributed by atoms with van der Waals surface area (Å²) in [4.78, 5) is 10.7. The molecule has 0 radical (unpaired) electrons. The molecule has 88 valence electrons. The van der Waals surface area contributed by atoms with Crippen molar-refractivity contribution in [2.75, 3.05) is 6.61 Å². The van der Waals surface area contributed by atoms with Crippen LogP contribution in [-0.4, -0.2) is 39.1 Å². The van der Waals surface area contributed by atoms with Crippen LogP contribution in [0.4, 0.5) is 0 Å². The van der Waals surface area contributed by atoms with E-state index in [0.29, 0.717) is 11.1 Å². The highest BCUT2D eigenvalue weighted by atomic mass is 16.4. The topological polar surface area (TPSA) is 98.0 Å². The van der Waals surface area contributed by atoms with Crippen LogP contribution in [0.25, 0.3) is 0 Å². The molecule has 4 N–H and O–H groups in total. The van der Waals surface area contributed by atoms with Gasteiger partial charge in [0.2, 0.25) is 0 Å². The Morgan fingerprint density at radius 3 is 2.44 bits per heavy atom. The van der Waals surface area contributed by atoms with Gasteiger partial charge < -0.3 is 20.4 Å². The normalized spacial score (nSPS) is 14.5. The number of hydrogen-bond donors (Lipinski definition) is 4. The number of carbonyl (C=O) groups is 1. The lowest BCUT2D eigenvalue weighted by molar-refractivity contribution is -0.0152. The fourth-order valence-electron chi connectivity index (χ4n) is 1.43. The van der Waals surface area contributed by atoms with Crippen LogP contribution < -0.4 is 0 Å². The average molecular weight is 226 g/mol. The number of aryl methyl sites for hydroxylation is 1. The molecule has 0 saturated carbocycles. The fraction of sp³-hybridized carbons (Fsp3) is 0.364. The van der Waals surface area contributed by atoms with Crippen molar-refractivity contribution in [3.05, 3.63) is 34.9 Å². The minimum Gasteiger partial charge on any atom is -0.478 e. The molecule has 0 aliphatic rings.